The fourth-order valence-corrected chi connectivity index (χ4v) is 1.94. The predicted molar refractivity (Wildman–Crippen MR) is 75.4 cm³/mol. The van der Waals surface area contributed by atoms with Gasteiger partial charge in [-0.05, 0) is 31.5 Å². The summed E-state index contributed by atoms with van der Waals surface area (Å²) in [7, 11) is 0. The Morgan fingerprint density at radius 2 is 2.00 bits per heavy atom. The summed E-state index contributed by atoms with van der Waals surface area (Å²) in [6.07, 6.45) is 0.425. The average molecular weight is 266 g/mol. The normalized spacial score (nSPS) is 13.9. The molecule has 1 aromatic carbocycles. The number of carbonyl (C=O) groups excluding carboxylic acids is 1. The number of rotatable bonds is 7. The summed E-state index contributed by atoms with van der Waals surface area (Å²) in [6, 6.07) is 6.83. The van der Waals surface area contributed by atoms with Gasteiger partial charge < -0.3 is 10.6 Å². The standard InChI is InChI=1S/C15H23FN2O/c1-4-17-12(3)10-18-15(19)11(2)9-13-7-5-6-8-14(13)16/h5-8,11-12,17H,4,9-10H2,1-3H3,(H,18,19)/t11?,12-/m1/s1. The zero-order valence-corrected chi connectivity index (χ0v) is 11.9. The van der Waals surface area contributed by atoms with Gasteiger partial charge in [-0.15, -0.1) is 0 Å². The van der Waals surface area contributed by atoms with Gasteiger partial charge in [-0.2, -0.15) is 0 Å². The van der Waals surface area contributed by atoms with Crippen molar-refractivity contribution in [3.8, 4) is 0 Å². The van der Waals surface area contributed by atoms with Crippen LogP contribution < -0.4 is 10.6 Å². The van der Waals surface area contributed by atoms with Crippen molar-refractivity contribution in [2.24, 2.45) is 5.92 Å². The van der Waals surface area contributed by atoms with E-state index in [2.05, 4.69) is 10.6 Å². The van der Waals surface area contributed by atoms with Crippen LogP contribution in [0.4, 0.5) is 4.39 Å². The zero-order chi connectivity index (χ0) is 14.3. The van der Waals surface area contributed by atoms with E-state index in [0.29, 0.717) is 18.5 Å². The van der Waals surface area contributed by atoms with Crippen molar-refractivity contribution in [2.75, 3.05) is 13.1 Å². The molecule has 4 heteroatoms. The third kappa shape index (κ3) is 5.39. The molecular formula is C15H23FN2O. The SMILES string of the molecule is CCN[C@H](C)CNC(=O)C(C)Cc1ccccc1F. The third-order valence-electron chi connectivity index (χ3n) is 3.07. The summed E-state index contributed by atoms with van der Waals surface area (Å²) in [5.41, 5.74) is 0.588. The molecule has 19 heavy (non-hydrogen) atoms. The molecule has 0 saturated heterocycles. The van der Waals surface area contributed by atoms with Crippen LogP contribution in [0.5, 0.6) is 0 Å². The maximum atomic E-state index is 13.5. The molecule has 2 N–H and O–H groups in total. The van der Waals surface area contributed by atoms with E-state index in [4.69, 9.17) is 0 Å². The highest BCUT2D eigenvalue weighted by molar-refractivity contribution is 5.78. The lowest BCUT2D eigenvalue weighted by Crippen LogP contribution is -2.41. The van der Waals surface area contributed by atoms with Crippen LogP contribution in [-0.4, -0.2) is 25.0 Å². The highest BCUT2D eigenvalue weighted by Crippen LogP contribution is 2.12. The first-order valence-corrected chi connectivity index (χ1v) is 6.79. The van der Waals surface area contributed by atoms with Crippen molar-refractivity contribution in [1.29, 1.82) is 0 Å². The highest BCUT2D eigenvalue weighted by atomic mass is 19.1. The summed E-state index contributed by atoms with van der Waals surface area (Å²) in [4.78, 5) is 11.9. The Hall–Kier alpha value is -1.42. The zero-order valence-electron chi connectivity index (χ0n) is 11.9. The van der Waals surface area contributed by atoms with Crippen molar-refractivity contribution < 1.29 is 9.18 Å². The van der Waals surface area contributed by atoms with Gasteiger partial charge in [0.2, 0.25) is 5.91 Å². The van der Waals surface area contributed by atoms with Gasteiger partial charge in [0.05, 0.1) is 0 Å². The molecule has 1 amide bonds. The van der Waals surface area contributed by atoms with Crippen LogP contribution in [0.25, 0.3) is 0 Å². The van der Waals surface area contributed by atoms with Crippen LogP contribution in [0.1, 0.15) is 26.3 Å². The van der Waals surface area contributed by atoms with Gasteiger partial charge >= 0.3 is 0 Å². The number of hydrogen-bond donors (Lipinski definition) is 2. The summed E-state index contributed by atoms with van der Waals surface area (Å²) in [5.74, 6) is -0.512. The van der Waals surface area contributed by atoms with Crippen molar-refractivity contribution in [3.05, 3.63) is 35.6 Å². The molecule has 1 rings (SSSR count). The Balaban J connectivity index is 2.43. The third-order valence-corrected chi connectivity index (χ3v) is 3.07. The number of carbonyl (C=O) groups is 1. The quantitative estimate of drug-likeness (QED) is 0.793. The van der Waals surface area contributed by atoms with Crippen LogP contribution >= 0.6 is 0 Å². The second kappa shape index (κ2) is 7.89. The molecular weight excluding hydrogens is 243 g/mol. The van der Waals surface area contributed by atoms with Gasteiger partial charge in [0, 0.05) is 18.5 Å². The second-order valence-electron chi connectivity index (χ2n) is 4.90. The smallest absolute Gasteiger partial charge is 0.223 e. The molecule has 0 bridgehead atoms. The van der Waals surface area contributed by atoms with Crippen LogP contribution in [0.3, 0.4) is 0 Å². The molecule has 1 unspecified atom stereocenters. The van der Waals surface area contributed by atoms with E-state index in [1.807, 2.05) is 20.8 Å². The molecule has 0 radical (unpaired) electrons. The Kier molecular flexibility index (Phi) is 6.50. The fourth-order valence-electron chi connectivity index (χ4n) is 1.94. The van der Waals surface area contributed by atoms with Gasteiger partial charge in [0.25, 0.3) is 0 Å². The van der Waals surface area contributed by atoms with Crippen molar-refractivity contribution >= 4 is 5.91 Å². The summed E-state index contributed by atoms with van der Waals surface area (Å²) in [6.45, 7) is 7.33. The molecule has 0 heterocycles. The minimum Gasteiger partial charge on any atom is -0.354 e. The molecule has 0 saturated carbocycles. The molecule has 2 atom stereocenters. The number of likely N-dealkylation sites (N-methyl/N-ethyl adjacent to an activating group) is 1. The Morgan fingerprint density at radius 3 is 2.63 bits per heavy atom. The van der Waals surface area contributed by atoms with Crippen molar-refractivity contribution in [1.82, 2.24) is 10.6 Å². The van der Waals surface area contributed by atoms with E-state index in [0.717, 1.165) is 6.54 Å². The van der Waals surface area contributed by atoms with Crippen LogP contribution in [0.2, 0.25) is 0 Å². The number of benzene rings is 1. The van der Waals surface area contributed by atoms with Crippen LogP contribution in [-0.2, 0) is 11.2 Å². The monoisotopic (exact) mass is 266 g/mol. The molecule has 106 valence electrons. The van der Waals surface area contributed by atoms with Crippen molar-refractivity contribution in [3.63, 3.8) is 0 Å². The van der Waals surface area contributed by atoms with Crippen LogP contribution in [0, 0.1) is 11.7 Å². The summed E-state index contributed by atoms with van der Waals surface area (Å²) < 4.78 is 13.5. The first-order valence-electron chi connectivity index (χ1n) is 6.79. The van der Waals surface area contributed by atoms with E-state index in [1.54, 1.807) is 18.2 Å². The summed E-state index contributed by atoms with van der Waals surface area (Å²) >= 11 is 0. The molecule has 0 aliphatic carbocycles. The topological polar surface area (TPSA) is 41.1 Å². The number of nitrogens with one attached hydrogen (secondary N) is 2. The van der Waals surface area contributed by atoms with E-state index in [1.165, 1.54) is 6.07 Å². The summed E-state index contributed by atoms with van der Waals surface area (Å²) in [5, 5.41) is 6.11. The molecule has 0 aromatic heterocycles. The Morgan fingerprint density at radius 1 is 1.32 bits per heavy atom. The first-order chi connectivity index (χ1) is 9.04. The number of halogens is 1. The van der Waals surface area contributed by atoms with Gasteiger partial charge in [0.1, 0.15) is 5.82 Å². The van der Waals surface area contributed by atoms with E-state index in [-0.39, 0.29) is 23.7 Å². The Bertz CT molecular complexity index is 409. The van der Waals surface area contributed by atoms with Gasteiger partial charge in [-0.25, -0.2) is 4.39 Å². The first kappa shape index (κ1) is 15.6. The Labute approximate surface area is 114 Å². The minimum atomic E-state index is -0.247. The van der Waals surface area contributed by atoms with E-state index < -0.39 is 0 Å². The average Bonchev–Trinajstić information content (AvgIpc) is 2.39. The van der Waals surface area contributed by atoms with E-state index in [9.17, 15) is 9.18 Å². The fraction of sp³-hybridized carbons (Fsp3) is 0.533. The van der Waals surface area contributed by atoms with Gasteiger partial charge in [0.15, 0.2) is 0 Å². The molecule has 0 aliphatic heterocycles. The van der Waals surface area contributed by atoms with Gasteiger partial charge in [-0.3, -0.25) is 4.79 Å². The maximum absolute atomic E-state index is 13.5. The largest absolute Gasteiger partial charge is 0.354 e. The lowest BCUT2D eigenvalue weighted by Gasteiger charge is -2.16. The van der Waals surface area contributed by atoms with E-state index >= 15 is 0 Å². The molecule has 0 spiro atoms. The maximum Gasteiger partial charge on any atom is 0.223 e. The molecule has 3 nitrogen and oxygen atoms in total. The predicted octanol–water partition coefficient (Wildman–Crippen LogP) is 2.12. The molecule has 0 aliphatic rings. The molecule has 0 fully saturated rings. The van der Waals surface area contributed by atoms with Crippen molar-refractivity contribution in [2.45, 2.75) is 33.2 Å². The lowest BCUT2D eigenvalue weighted by atomic mass is 10.00. The highest BCUT2D eigenvalue weighted by Gasteiger charge is 2.15. The van der Waals surface area contributed by atoms with Crippen LogP contribution in [0.15, 0.2) is 24.3 Å². The number of hydrogen-bond acceptors (Lipinski definition) is 2. The van der Waals surface area contributed by atoms with Gasteiger partial charge in [-0.1, -0.05) is 32.0 Å². The second-order valence-corrected chi connectivity index (χ2v) is 4.90. The molecule has 1 aromatic rings. The number of amides is 1. The minimum absolute atomic E-state index is 0.0343. The lowest BCUT2D eigenvalue weighted by molar-refractivity contribution is -0.124.